The largest absolute Gasteiger partial charge is 1.00 e. The molecule has 4 saturated carbocycles. The van der Waals surface area contributed by atoms with Crippen LogP contribution in [-0.2, 0) is 19.4 Å². The van der Waals surface area contributed by atoms with Crippen molar-refractivity contribution in [1.82, 2.24) is 0 Å². The van der Waals surface area contributed by atoms with Gasteiger partial charge in [0.15, 0.2) is 0 Å². The standard InChI is InChI=1S/C24H40O6S.2Na/c1-15(4-9-22(25)26)19-7-8-20-18-6-5-16-14-17(30-31(27,28)29)10-12-23(16,2)21(18)11-13-24(19,20)3;;/h15-21H,4-14H2,1-3H3,(H,25,26)(H,27,28,29);;/q;2*+1/p-2/t15-,16-,17-,18+,19-,20+,21+,23+,24-;;/m1../s1. The van der Waals surface area contributed by atoms with Crippen LogP contribution in [0.4, 0.5) is 0 Å². The Labute approximate surface area is 244 Å². The summed E-state index contributed by atoms with van der Waals surface area (Å²) in [6, 6.07) is 0. The predicted molar refractivity (Wildman–Crippen MR) is 113 cm³/mol. The van der Waals surface area contributed by atoms with Crippen LogP contribution in [0.2, 0.25) is 0 Å². The van der Waals surface area contributed by atoms with E-state index in [0.717, 1.165) is 12.8 Å². The third-order valence-electron chi connectivity index (χ3n) is 10.4. The normalized spacial score (nSPS) is 43.2. The van der Waals surface area contributed by atoms with Crippen molar-refractivity contribution >= 4 is 16.4 Å². The maximum atomic E-state index is 11.1. The van der Waals surface area contributed by atoms with Gasteiger partial charge in [-0.3, -0.25) is 4.18 Å². The van der Waals surface area contributed by atoms with E-state index in [-0.39, 0.29) is 71.0 Å². The minimum Gasteiger partial charge on any atom is -0.726 e. The fourth-order valence-corrected chi connectivity index (χ4v) is 9.50. The number of carboxylic acids is 1. The van der Waals surface area contributed by atoms with Gasteiger partial charge in [0.2, 0.25) is 10.4 Å². The first-order chi connectivity index (χ1) is 14.4. The molecule has 9 atom stereocenters. The van der Waals surface area contributed by atoms with Crippen LogP contribution in [0.1, 0.15) is 91.4 Å². The molecule has 33 heavy (non-hydrogen) atoms. The van der Waals surface area contributed by atoms with Gasteiger partial charge in [0, 0.05) is 5.97 Å². The minimum absolute atomic E-state index is 0. The first-order valence-corrected chi connectivity index (χ1v) is 13.6. The Kier molecular flexibility index (Phi) is 10.5. The number of hydrogen-bond acceptors (Lipinski definition) is 6. The second kappa shape index (κ2) is 11.4. The summed E-state index contributed by atoms with van der Waals surface area (Å²) in [6.45, 7) is 7.12. The van der Waals surface area contributed by atoms with Crippen molar-refractivity contribution in [2.24, 2.45) is 46.3 Å². The van der Waals surface area contributed by atoms with Gasteiger partial charge >= 0.3 is 59.1 Å². The average Bonchev–Trinajstić information content (AvgIpc) is 3.02. The average molecular weight is 501 g/mol. The third kappa shape index (κ3) is 6.09. The van der Waals surface area contributed by atoms with Crippen molar-refractivity contribution in [1.29, 1.82) is 0 Å². The fourth-order valence-electron chi connectivity index (χ4n) is 8.99. The summed E-state index contributed by atoms with van der Waals surface area (Å²) in [5.41, 5.74) is 0.502. The first kappa shape index (κ1) is 30.6. The molecule has 178 valence electrons. The van der Waals surface area contributed by atoms with Gasteiger partial charge in [-0.15, -0.1) is 0 Å². The number of carbonyl (C=O) groups excluding carboxylic acids is 1. The van der Waals surface area contributed by atoms with E-state index < -0.39 is 22.5 Å². The third-order valence-corrected chi connectivity index (χ3v) is 10.9. The molecule has 4 aliphatic carbocycles. The Balaban J connectivity index is 0.00000193. The molecule has 0 spiro atoms. The van der Waals surface area contributed by atoms with Crippen molar-refractivity contribution < 1.29 is 86.2 Å². The van der Waals surface area contributed by atoms with Crippen molar-refractivity contribution in [3.8, 4) is 0 Å². The van der Waals surface area contributed by atoms with Crippen LogP contribution >= 0.6 is 0 Å². The van der Waals surface area contributed by atoms with Gasteiger partial charge < -0.3 is 14.5 Å². The zero-order valence-electron chi connectivity index (χ0n) is 21.2. The molecule has 0 unspecified atom stereocenters. The van der Waals surface area contributed by atoms with Crippen LogP contribution in [0, 0.1) is 46.3 Å². The maximum Gasteiger partial charge on any atom is 1.00 e. The van der Waals surface area contributed by atoms with E-state index in [1.54, 1.807) is 0 Å². The molecule has 0 aromatic rings. The minimum atomic E-state index is -4.64. The molecule has 0 heterocycles. The van der Waals surface area contributed by atoms with Crippen LogP contribution in [0.3, 0.4) is 0 Å². The van der Waals surface area contributed by atoms with E-state index in [1.807, 2.05) is 0 Å². The summed E-state index contributed by atoms with van der Waals surface area (Å²) in [5.74, 6) is 2.57. The Bertz CT molecular complexity index is 807. The molecule has 0 N–H and O–H groups in total. The zero-order chi connectivity index (χ0) is 22.6. The summed E-state index contributed by atoms with van der Waals surface area (Å²) in [7, 11) is -4.64. The maximum absolute atomic E-state index is 11.1. The van der Waals surface area contributed by atoms with Gasteiger partial charge in [0.25, 0.3) is 0 Å². The van der Waals surface area contributed by atoms with Crippen molar-refractivity contribution in [2.75, 3.05) is 0 Å². The predicted octanol–water partition coefficient (Wildman–Crippen LogP) is -2.34. The monoisotopic (exact) mass is 500 g/mol. The second-order valence-corrected chi connectivity index (χ2v) is 12.7. The summed E-state index contributed by atoms with van der Waals surface area (Å²) >= 11 is 0. The van der Waals surface area contributed by atoms with Crippen molar-refractivity contribution in [3.63, 3.8) is 0 Å². The van der Waals surface area contributed by atoms with Crippen LogP contribution in [0.5, 0.6) is 0 Å². The molecule has 0 aliphatic heterocycles. The topological polar surface area (TPSA) is 107 Å². The molecular formula is C24H38Na2O6S. The van der Waals surface area contributed by atoms with Crippen molar-refractivity contribution in [2.45, 2.75) is 97.5 Å². The Morgan fingerprint density at radius 1 is 1.00 bits per heavy atom. The van der Waals surface area contributed by atoms with E-state index in [1.165, 1.54) is 32.1 Å². The van der Waals surface area contributed by atoms with Crippen LogP contribution in [0.15, 0.2) is 0 Å². The number of rotatable bonds is 6. The van der Waals surface area contributed by atoms with Crippen LogP contribution in [-0.4, -0.2) is 25.0 Å². The van der Waals surface area contributed by atoms with Crippen LogP contribution in [0.25, 0.3) is 0 Å². The molecule has 4 fully saturated rings. The number of carboxylic acid groups (broad SMARTS) is 1. The molecule has 0 radical (unpaired) electrons. The van der Waals surface area contributed by atoms with E-state index in [9.17, 15) is 22.9 Å². The molecule has 0 bridgehead atoms. The Morgan fingerprint density at radius 2 is 1.64 bits per heavy atom. The quantitative estimate of drug-likeness (QED) is 0.230. The molecule has 6 nitrogen and oxygen atoms in total. The van der Waals surface area contributed by atoms with Gasteiger partial charge in [-0.1, -0.05) is 20.8 Å². The fraction of sp³-hybridized carbons (Fsp3) is 0.958. The molecular weight excluding hydrogens is 462 g/mol. The zero-order valence-corrected chi connectivity index (χ0v) is 26.0. The van der Waals surface area contributed by atoms with Gasteiger partial charge in [-0.2, -0.15) is 0 Å². The molecule has 0 amide bonds. The SMILES string of the molecule is C[C@H](CCC(=O)[O-])[C@H]1CC[C@H]2[C@@H]3CC[C@@H]4C[C@H](OS(=O)(=O)[O-])CC[C@]4(C)[C@H]3CC[C@]12C.[Na+].[Na+]. The van der Waals surface area contributed by atoms with E-state index in [2.05, 4.69) is 20.8 Å². The molecule has 4 aliphatic rings. The molecule has 0 aromatic heterocycles. The number of carbonyl (C=O) groups is 1. The van der Waals surface area contributed by atoms with Gasteiger partial charge in [0.05, 0.1) is 6.10 Å². The van der Waals surface area contributed by atoms with Crippen molar-refractivity contribution in [3.05, 3.63) is 0 Å². The van der Waals surface area contributed by atoms with Gasteiger partial charge in [-0.05, 0) is 117 Å². The Hall–Kier alpha value is 1.34. The molecule has 9 heteroatoms. The molecule has 0 saturated heterocycles. The molecule has 0 aromatic carbocycles. The molecule has 4 rings (SSSR count). The second-order valence-electron chi connectivity index (χ2n) is 11.7. The first-order valence-electron chi connectivity index (χ1n) is 12.3. The smallest absolute Gasteiger partial charge is 0.726 e. The van der Waals surface area contributed by atoms with E-state index >= 15 is 0 Å². The van der Waals surface area contributed by atoms with E-state index in [0.29, 0.717) is 60.2 Å². The summed E-state index contributed by atoms with van der Waals surface area (Å²) in [4.78, 5) is 11.0. The number of aliphatic carboxylic acids is 1. The Morgan fingerprint density at radius 3 is 2.27 bits per heavy atom. The summed E-state index contributed by atoms with van der Waals surface area (Å²) in [5, 5.41) is 11.0. The summed E-state index contributed by atoms with van der Waals surface area (Å²) in [6.07, 6.45) is 9.84. The van der Waals surface area contributed by atoms with Crippen LogP contribution < -0.4 is 64.2 Å². The van der Waals surface area contributed by atoms with E-state index in [4.69, 9.17) is 4.18 Å². The van der Waals surface area contributed by atoms with Gasteiger partial charge in [-0.25, -0.2) is 8.42 Å². The summed E-state index contributed by atoms with van der Waals surface area (Å²) < 4.78 is 38.1. The number of hydrogen-bond donors (Lipinski definition) is 0. The van der Waals surface area contributed by atoms with Gasteiger partial charge in [0.1, 0.15) is 0 Å². The number of fused-ring (bicyclic) bond motifs is 5.